The van der Waals surface area contributed by atoms with Crippen molar-refractivity contribution in [2.24, 2.45) is 10.8 Å². The second-order valence-corrected chi connectivity index (χ2v) is 16.9. The molecule has 5 aliphatic rings. The van der Waals surface area contributed by atoms with Gasteiger partial charge in [-0.3, -0.25) is 4.79 Å². The molecule has 3 saturated carbocycles. The van der Waals surface area contributed by atoms with Crippen molar-refractivity contribution in [3.05, 3.63) is 65.0 Å². The van der Waals surface area contributed by atoms with E-state index in [1.54, 1.807) is 13.8 Å². The molecule has 0 unspecified atom stereocenters. The van der Waals surface area contributed by atoms with Crippen molar-refractivity contribution in [2.45, 2.75) is 117 Å². The van der Waals surface area contributed by atoms with Crippen molar-refractivity contribution < 1.29 is 53.4 Å². The van der Waals surface area contributed by atoms with E-state index in [-0.39, 0.29) is 59.6 Å². The second kappa shape index (κ2) is 10.9. The number of carbonyl (C=O) groups excluding carboxylic acids is 1. The molecule has 14 heteroatoms. The lowest BCUT2D eigenvalue weighted by Crippen LogP contribution is -2.58. The zero-order valence-electron chi connectivity index (χ0n) is 26.4. The number of aliphatic hydroxyl groups is 1. The van der Waals surface area contributed by atoms with Crippen LogP contribution in [-0.2, 0) is 31.5 Å². The number of carbonyl (C=O) groups is 1. The minimum absolute atomic E-state index is 0.0539. The molecule has 7 rings (SSSR count). The van der Waals surface area contributed by atoms with E-state index in [2.05, 4.69) is 0 Å². The predicted octanol–water partition coefficient (Wildman–Crippen LogP) is 7.83. The van der Waals surface area contributed by atoms with Gasteiger partial charge in [-0.2, -0.15) is 26.3 Å². The van der Waals surface area contributed by atoms with Crippen LogP contribution in [0.5, 0.6) is 0 Å². The lowest BCUT2D eigenvalue weighted by molar-refractivity contribution is -0.348. The number of amides is 1. The molecule has 264 valence electrons. The maximum atomic E-state index is 15.2. The van der Waals surface area contributed by atoms with E-state index in [0.717, 1.165) is 30.3 Å². The highest BCUT2D eigenvalue weighted by Crippen LogP contribution is 2.63. The molecule has 1 saturated heterocycles. The molecule has 48 heavy (non-hydrogen) atoms. The Morgan fingerprint density at radius 2 is 1.42 bits per heavy atom. The Morgan fingerprint density at radius 1 is 0.854 bits per heavy atom. The fraction of sp³-hybridized carbons (Fsp3) is 0.618. The second-order valence-electron chi connectivity index (χ2n) is 14.6. The minimum Gasteiger partial charge on any atom is -0.390 e. The predicted molar refractivity (Wildman–Crippen MR) is 159 cm³/mol. The summed E-state index contributed by atoms with van der Waals surface area (Å²) in [5.41, 5.74) is -9.82. The zero-order chi connectivity index (χ0) is 35.3. The van der Waals surface area contributed by atoms with Crippen molar-refractivity contribution in [1.29, 1.82) is 0 Å². The van der Waals surface area contributed by atoms with Crippen LogP contribution in [0.4, 0.5) is 35.1 Å². The van der Waals surface area contributed by atoms with Crippen LogP contribution in [0.2, 0.25) is 0 Å². The Labute approximate surface area is 273 Å². The molecule has 1 amide bonds. The summed E-state index contributed by atoms with van der Waals surface area (Å²) < 4.78 is 139. The summed E-state index contributed by atoms with van der Waals surface area (Å²) in [4.78, 5) is 15.8. The number of hydrogen-bond donors (Lipinski definition) is 1. The summed E-state index contributed by atoms with van der Waals surface area (Å²) in [7, 11) is -4.59. The van der Waals surface area contributed by atoms with Gasteiger partial charge in [0, 0.05) is 17.5 Å². The number of sulfone groups is 1. The number of benzene rings is 2. The number of nitrogens with zero attached hydrogens (tertiary/aromatic N) is 1. The Hall–Kier alpha value is -2.74. The van der Waals surface area contributed by atoms with Crippen molar-refractivity contribution in [1.82, 2.24) is 4.90 Å². The Kier molecular flexibility index (Phi) is 7.95. The van der Waals surface area contributed by atoms with Gasteiger partial charge in [-0.25, -0.2) is 17.2 Å². The van der Waals surface area contributed by atoms with Crippen LogP contribution in [0.25, 0.3) is 0 Å². The van der Waals surface area contributed by atoms with Crippen LogP contribution in [-0.4, -0.2) is 54.9 Å². The van der Waals surface area contributed by atoms with E-state index < -0.39 is 61.0 Å². The van der Waals surface area contributed by atoms with Crippen molar-refractivity contribution in [3.63, 3.8) is 0 Å². The molecule has 0 radical (unpaired) electrons. The zero-order valence-corrected chi connectivity index (χ0v) is 27.3. The summed E-state index contributed by atoms with van der Waals surface area (Å²) in [5, 5.41) is 10.9. The molecule has 2 aromatic rings. The topological polar surface area (TPSA) is 74.7 Å². The first-order valence-electron chi connectivity index (χ1n) is 16.1. The van der Waals surface area contributed by atoms with Crippen LogP contribution in [0.1, 0.15) is 88.3 Å². The highest BCUT2D eigenvalue weighted by Gasteiger charge is 2.74. The first-order valence-corrected chi connectivity index (χ1v) is 17.5. The molecule has 1 heterocycles. The Balaban J connectivity index is 1.48. The number of aryl methyl sites for hydroxylation is 1. The highest BCUT2D eigenvalue weighted by molar-refractivity contribution is 7.92. The summed E-state index contributed by atoms with van der Waals surface area (Å²) in [6, 6.07) is 4.52. The third-order valence-corrected chi connectivity index (χ3v) is 14.7. The first kappa shape index (κ1) is 35.1. The van der Waals surface area contributed by atoms with E-state index in [1.807, 2.05) is 0 Å². The molecule has 0 aromatic heterocycles. The van der Waals surface area contributed by atoms with Gasteiger partial charge >= 0.3 is 18.0 Å². The molecule has 5 nitrogen and oxygen atoms in total. The number of rotatable bonds is 5. The van der Waals surface area contributed by atoms with Crippen LogP contribution < -0.4 is 0 Å². The molecular formula is C34H37F8NO4S. The fourth-order valence-electron chi connectivity index (χ4n) is 9.22. The van der Waals surface area contributed by atoms with Crippen molar-refractivity contribution in [2.75, 3.05) is 6.54 Å². The van der Waals surface area contributed by atoms with Crippen LogP contribution >= 0.6 is 0 Å². The maximum absolute atomic E-state index is 15.2. The molecule has 2 atom stereocenters. The van der Waals surface area contributed by atoms with E-state index in [4.69, 9.17) is 0 Å². The van der Waals surface area contributed by atoms with Crippen LogP contribution in [0.3, 0.4) is 0 Å². The van der Waals surface area contributed by atoms with Crippen molar-refractivity contribution in [3.8, 4) is 0 Å². The van der Waals surface area contributed by atoms with E-state index >= 15 is 4.39 Å². The molecule has 0 spiro atoms. The van der Waals surface area contributed by atoms with Crippen LogP contribution in [0.15, 0.2) is 47.4 Å². The first-order chi connectivity index (χ1) is 22.1. The van der Waals surface area contributed by atoms with E-state index in [9.17, 15) is 49.1 Å². The summed E-state index contributed by atoms with van der Waals surface area (Å²) >= 11 is 0. The molecule has 2 bridgehead atoms. The Morgan fingerprint density at radius 3 is 1.94 bits per heavy atom. The van der Waals surface area contributed by atoms with Gasteiger partial charge in [0.1, 0.15) is 10.6 Å². The molecule has 4 fully saturated rings. The smallest absolute Gasteiger partial charge is 0.390 e. The summed E-state index contributed by atoms with van der Waals surface area (Å²) in [6.45, 7) is 3.46. The number of hydrogen-bond acceptors (Lipinski definition) is 4. The van der Waals surface area contributed by atoms with Gasteiger partial charge in [-0.15, -0.1) is 0 Å². The average molecular weight is 708 g/mol. The largest absolute Gasteiger partial charge is 0.435 e. The number of likely N-dealkylation sites (tertiary alicyclic amines) is 1. The van der Waals surface area contributed by atoms with Crippen LogP contribution in [0, 0.1) is 16.6 Å². The molecular weight excluding hydrogens is 670 g/mol. The lowest BCUT2D eigenvalue weighted by Gasteiger charge is -2.58. The Bertz CT molecular complexity index is 1680. The van der Waals surface area contributed by atoms with Gasteiger partial charge in [-0.1, -0.05) is 18.2 Å². The average Bonchev–Trinajstić information content (AvgIpc) is 3.31. The number of fused-ring (bicyclic) bond motifs is 6. The van der Waals surface area contributed by atoms with Gasteiger partial charge in [0.15, 0.2) is 9.84 Å². The van der Waals surface area contributed by atoms with Gasteiger partial charge in [0.2, 0.25) is 5.91 Å². The number of halogens is 8. The third-order valence-electron chi connectivity index (χ3n) is 12.2. The summed E-state index contributed by atoms with van der Waals surface area (Å²) in [5.74, 6) is -0.990. The molecule has 4 aliphatic carbocycles. The standard InChI is InChI=1S/C34H37F8NO4S/c1-28(2,45)30-15-12-29(13-16-30,14-17-30)27(44)43-19-18-31(48(46,47)24-9-7-23(35)8-10-24)25-11-6-22(20-21(25)4-3-5-26(31)43)32(36,33(37,38)39)34(40,41)42/h6-11,20,26,45H,3-5,12-19H2,1-2H3/t26-,29?,30?,31-/m0/s1. The third kappa shape index (κ3) is 4.77. The maximum Gasteiger partial charge on any atom is 0.435 e. The van der Waals surface area contributed by atoms with Crippen molar-refractivity contribution >= 4 is 15.7 Å². The van der Waals surface area contributed by atoms with E-state index in [0.29, 0.717) is 50.7 Å². The van der Waals surface area contributed by atoms with Gasteiger partial charge < -0.3 is 10.0 Å². The summed E-state index contributed by atoms with van der Waals surface area (Å²) in [6.07, 6.45) is -9.74. The lowest BCUT2D eigenvalue weighted by atomic mass is 9.49. The highest BCUT2D eigenvalue weighted by atomic mass is 32.2. The fourth-order valence-corrected chi connectivity index (χ4v) is 11.6. The SMILES string of the molecule is CC(C)(O)C12CCC(C(=O)N3CC[C@]4(S(=O)(=O)c5ccc(F)cc5)c5ccc(C(F)(C(F)(F)F)C(F)(F)F)cc5CCC[C@H]34)(CC1)CC2. The quantitative estimate of drug-likeness (QED) is 0.254. The van der Waals surface area contributed by atoms with E-state index in [1.165, 1.54) is 4.90 Å². The number of alkyl halides is 7. The van der Waals surface area contributed by atoms with Gasteiger partial charge in [0.05, 0.1) is 16.5 Å². The normalized spacial score (nSPS) is 29.7. The molecule has 1 N–H and O–H groups in total. The van der Waals surface area contributed by atoms with Gasteiger partial charge in [-0.05, 0) is 119 Å². The monoisotopic (exact) mass is 707 g/mol. The molecule has 1 aliphatic heterocycles. The molecule has 2 aromatic carbocycles. The minimum atomic E-state index is -6.36. The van der Waals surface area contributed by atoms with Gasteiger partial charge in [0.25, 0.3) is 0 Å².